The van der Waals surface area contributed by atoms with Gasteiger partial charge in [0.1, 0.15) is 12.4 Å². The minimum absolute atomic E-state index is 0.0354. The molecule has 172 valence electrons. The molecule has 0 radical (unpaired) electrons. The number of anilines is 1. The molecule has 4 rings (SSSR count). The van der Waals surface area contributed by atoms with Crippen molar-refractivity contribution in [2.24, 2.45) is 0 Å². The number of likely N-dealkylation sites (N-methyl/N-ethyl adjacent to an activating group) is 1. The first-order chi connectivity index (χ1) is 15.9. The summed E-state index contributed by atoms with van der Waals surface area (Å²) >= 11 is 0. The number of carbonyl (C=O) groups excluding carboxylic acids is 1. The van der Waals surface area contributed by atoms with Gasteiger partial charge in [-0.1, -0.05) is 24.3 Å². The van der Waals surface area contributed by atoms with Crippen molar-refractivity contribution in [3.05, 3.63) is 78.4 Å². The number of hydrogen-bond donors (Lipinski definition) is 1. The number of amides is 1. The highest BCUT2D eigenvalue weighted by molar-refractivity contribution is 7.92. The smallest absolute Gasteiger partial charge is 0.262 e. The van der Waals surface area contributed by atoms with Crippen molar-refractivity contribution >= 4 is 21.6 Å². The summed E-state index contributed by atoms with van der Waals surface area (Å²) in [4.78, 5) is 14.4. The first-order valence-electron chi connectivity index (χ1n) is 10.3. The molecule has 1 heterocycles. The number of rotatable bonds is 7. The van der Waals surface area contributed by atoms with Crippen LogP contribution in [0.5, 0.6) is 17.2 Å². The lowest BCUT2D eigenvalue weighted by atomic mass is 10.2. The van der Waals surface area contributed by atoms with Gasteiger partial charge in [-0.05, 0) is 48.5 Å². The Morgan fingerprint density at radius 2 is 1.70 bits per heavy atom. The van der Waals surface area contributed by atoms with Crippen molar-refractivity contribution in [3.63, 3.8) is 0 Å². The first kappa shape index (κ1) is 22.5. The fraction of sp³-hybridized carbons (Fsp3) is 0.208. The number of carbonyl (C=O) groups is 1. The quantitative estimate of drug-likeness (QED) is 0.571. The minimum atomic E-state index is -3.85. The molecule has 3 aromatic rings. The molecule has 0 saturated carbocycles. The SMILES string of the molecule is COc1ccccc1NS(=O)(=O)c1ccc(C(=O)N(C)CC2COc3ccccc3O2)cc1. The van der Waals surface area contributed by atoms with Crippen LogP contribution in [0.15, 0.2) is 77.7 Å². The Bertz CT molecular complexity index is 1240. The van der Waals surface area contributed by atoms with E-state index in [0.29, 0.717) is 41.7 Å². The summed E-state index contributed by atoms with van der Waals surface area (Å²) in [6.45, 7) is 0.656. The monoisotopic (exact) mass is 468 g/mol. The normalized spacial score (nSPS) is 14.9. The van der Waals surface area contributed by atoms with Gasteiger partial charge in [0.05, 0.1) is 24.2 Å². The van der Waals surface area contributed by atoms with Crippen LogP contribution in [-0.4, -0.2) is 52.6 Å². The molecular formula is C24H24N2O6S. The predicted molar refractivity (Wildman–Crippen MR) is 124 cm³/mol. The molecule has 1 unspecified atom stereocenters. The maximum atomic E-state index is 12.8. The Balaban J connectivity index is 1.41. The maximum absolute atomic E-state index is 12.8. The zero-order valence-corrected chi connectivity index (χ0v) is 19.0. The number of nitrogens with one attached hydrogen (secondary N) is 1. The van der Waals surface area contributed by atoms with Gasteiger partial charge in [0.2, 0.25) is 0 Å². The van der Waals surface area contributed by atoms with Crippen LogP contribution in [0.2, 0.25) is 0 Å². The highest BCUT2D eigenvalue weighted by Gasteiger charge is 2.24. The molecule has 9 heteroatoms. The van der Waals surface area contributed by atoms with Gasteiger partial charge < -0.3 is 19.1 Å². The number of nitrogens with zero attached hydrogens (tertiary/aromatic N) is 1. The van der Waals surface area contributed by atoms with E-state index in [2.05, 4.69) is 4.72 Å². The lowest BCUT2D eigenvalue weighted by molar-refractivity contribution is 0.0521. The summed E-state index contributed by atoms with van der Waals surface area (Å²) in [5.74, 6) is 1.48. The van der Waals surface area contributed by atoms with Gasteiger partial charge in [0.15, 0.2) is 17.6 Å². The third kappa shape index (κ3) is 5.04. The van der Waals surface area contributed by atoms with Gasteiger partial charge in [-0.25, -0.2) is 8.42 Å². The van der Waals surface area contributed by atoms with Gasteiger partial charge in [0.25, 0.3) is 15.9 Å². The van der Waals surface area contributed by atoms with Crippen molar-refractivity contribution in [2.45, 2.75) is 11.0 Å². The fourth-order valence-electron chi connectivity index (χ4n) is 3.47. The molecule has 33 heavy (non-hydrogen) atoms. The Hall–Kier alpha value is -3.72. The second-order valence-corrected chi connectivity index (χ2v) is 9.20. The van der Waals surface area contributed by atoms with Crippen LogP contribution in [-0.2, 0) is 10.0 Å². The Labute approximate surface area is 192 Å². The molecule has 0 bridgehead atoms. The molecule has 3 aromatic carbocycles. The van der Waals surface area contributed by atoms with E-state index < -0.39 is 10.0 Å². The summed E-state index contributed by atoms with van der Waals surface area (Å²) in [5, 5.41) is 0. The highest BCUT2D eigenvalue weighted by Crippen LogP contribution is 2.31. The molecule has 0 spiro atoms. The Kier molecular flexibility index (Phi) is 6.41. The largest absolute Gasteiger partial charge is 0.495 e. The molecule has 0 saturated heterocycles. The lowest BCUT2D eigenvalue weighted by Gasteiger charge is -2.29. The molecule has 8 nitrogen and oxygen atoms in total. The Morgan fingerprint density at radius 3 is 2.42 bits per heavy atom. The zero-order valence-electron chi connectivity index (χ0n) is 18.2. The fourth-order valence-corrected chi connectivity index (χ4v) is 4.54. The van der Waals surface area contributed by atoms with Gasteiger partial charge >= 0.3 is 0 Å². The summed E-state index contributed by atoms with van der Waals surface area (Å²) in [6, 6.07) is 19.9. The van der Waals surface area contributed by atoms with Crippen LogP contribution in [0.4, 0.5) is 5.69 Å². The van der Waals surface area contributed by atoms with E-state index in [1.54, 1.807) is 31.3 Å². The van der Waals surface area contributed by atoms with Crippen molar-refractivity contribution in [1.29, 1.82) is 0 Å². The van der Waals surface area contributed by atoms with E-state index in [1.165, 1.54) is 36.3 Å². The van der Waals surface area contributed by atoms with Crippen molar-refractivity contribution in [1.82, 2.24) is 4.90 Å². The van der Waals surface area contributed by atoms with Crippen LogP contribution < -0.4 is 18.9 Å². The first-order valence-corrected chi connectivity index (χ1v) is 11.8. The molecule has 1 aliphatic heterocycles. The average molecular weight is 469 g/mol. The van der Waals surface area contributed by atoms with Crippen LogP contribution in [0, 0.1) is 0 Å². The number of fused-ring (bicyclic) bond motifs is 1. The van der Waals surface area contributed by atoms with Crippen molar-refractivity contribution in [2.75, 3.05) is 32.0 Å². The van der Waals surface area contributed by atoms with Crippen molar-refractivity contribution < 1.29 is 27.4 Å². The number of hydrogen-bond acceptors (Lipinski definition) is 6. The second-order valence-electron chi connectivity index (χ2n) is 7.51. The minimum Gasteiger partial charge on any atom is -0.495 e. The zero-order chi connectivity index (χ0) is 23.4. The topological polar surface area (TPSA) is 94.2 Å². The second kappa shape index (κ2) is 9.41. The molecule has 0 aliphatic carbocycles. The molecule has 1 aliphatic rings. The molecule has 1 atom stereocenters. The van der Waals surface area contributed by atoms with E-state index in [-0.39, 0.29) is 16.9 Å². The summed E-state index contributed by atoms with van der Waals surface area (Å²) in [7, 11) is -0.719. The van der Waals surface area contributed by atoms with Gasteiger partial charge in [-0.3, -0.25) is 9.52 Å². The van der Waals surface area contributed by atoms with Crippen molar-refractivity contribution in [3.8, 4) is 17.2 Å². The third-order valence-corrected chi connectivity index (χ3v) is 6.54. The molecule has 1 amide bonds. The van der Waals surface area contributed by atoms with Crippen LogP contribution in [0.1, 0.15) is 10.4 Å². The van der Waals surface area contributed by atoms with Crippen LogP contribution in [0.3, 0.4) is 0 Å². The summed E-state index contributed by atoms with van der Waals surface area (Å²) in [6.07, 6.45) is -0.307. The highest BCUT2D eigenvalue weighted by atomic mass is 32.2. The Morgan fingerprint density at radius 1 is 1.03 bits per heavy atom. The summed E-state index contributed by atoms with van der Waals surface area (Å²) in [5.41, 5.74) is 0.696. The van der Waals surface area contributed by atoms with E-state index >= 15 is 0 Å². The van der Waals surface area contributed by atoms with Gasteiger partial charge in [-0.2, -0.15) is 0 Å². The number of benzene rings is 3. The maximum Gasteiger partial charge on any atom is 0.262 e. The standard InChI is InChI=1S/C24H24N2O6S/c1-26(15-18-16-31-22-9-5-6-10-23(22)32-18)24(27)17-11-13-19(14-12-17)33(28,29)25-20-7-3-4-8-21(20)30-2/h3-14,18,25H,15-16H2,1-2H3. The lowest BCUT2D eigenvalue weighted by Crippen LogP contribution is -2.41. The number of methoxy groups -OCH3 is 1. The molecule has 1 N–H and O–H groups in total. The van der Waals surface area contributed by atoms with E-state index in [0.717, 1.165) is 0 Å². The molecular weight excluding hydrogens is 444 g/mol. The van der Waals surface area contributed by atoms with Gasteiger partial charge in [0, 0.05) is 12.6 Å². The molecule has 0 fully saturated rings. The van der Waals surface area contributed by atoms with E-state index in [4.69, 9.17) is 14.2 Å². The average Bonchev–Trinajstić information content (AvgIpc) is 2.83. The summed E-state index contributed by atoms with van der Waals surface area (Å²) < 4.78 is 44.8. The van der Waals surface area contributed by atoms with E-state index in [9.17, 15) is 13.2 Å². The van der Waals surface area contributed by atoms with Crippen LogP contribution >= 0.6 is 0 Å². The predicted octanol–water partition coefficient (Wildman–Crippen LogP) is 3.41. The van der Waals surface area contributed by atoms with Crippen LogP contribution in [0.25, 0.3) is 0 Å². The third-order valence-electron chi connectivity index (χ3n) is 5.15. The van der Waals surface area contributed by atoms with Gasteiger partial charge in [-0.15, -0.1) is 0 Å². The molecule has 0 aromatic heterocycles. The van der Waals surface area contributed by atoms with E-state index in [1.807, 2.05) is 24.3 Å². The number of sulfonamides is 1. The number of ether oxygens (including phenoxy) is 3. The number of para-hydroxylation sites is 4.